The molecule has 2 aromatic rings. The molecule has 0 radical (unpaired) electrons. The lowest BCUT2D eigenvalue weighted by Crippen LogP contribution is -2.05. The number of nitrogen functional groups attached to an aromatic ring is 1. The molecule has 0 atom stereocenters. The molecule has 0 aliphatic heterocycles. The molecule has 2 aromatic heterocycles. The van der Waals surface area contributed by atoms with Crippen molar-refractivity contribution >= 4 is 5.82 Å². The molecule has 0 fully saturated rings. The summed E-state index contributed by atoms with van der Waals surface area (Å²) in [6, 6.07) is 4.00. The van der Waals surface area contributed by atoms with Gasteiger partial charge in [0.2, 0.25) is 0 Å². The van der Waals surface area contributed by atoms with Gasteiger partial charge in [0, 0.05) is 29.4 Å². The van der Waals surface area contributed by atoms with Crippen LogP contribution in [0, 0.1) is 13.8 Å². The highest BCUT2D eigenvalue weighted by atomic mass is 15.0. The summed E-state index contributed by atoms with van der Waals surface area (Å²) in [7, 11) is 0. The van der Waals surface area contributed by atoms with Crippen LogP contribution in [0.1, 0.15) is 30.4 Å². The van der Waals surface area contributed by atoms with E-state index in [-0.39, 0.29) is 0 Å². The van der Waals surface area contributed by atoms with Crippen molar-refractivity contribution in [1.82, 2.24) is 15.0 Å². The van der Waals surface area contributed by atoms with E-state index < -0.39 is 0 Å². The zero-order valence-electron chi connectivity index (χ0n) is 11.1. The van der Waals surface area contributed by atoms with E-state index in [9.17, 15) is 0 Å². The van der Waals surface area contributed by atoms with Gasteiger partial charge in [-0.05, 0) is 32.4 Å². The van der Waals surface area contributed by atoms with Crippen LogP contribution < -0.4 is 5.73 Å². The molecule has 0 amide bonds. The van der Waals surface area contributed by atoms with Crippen LogP contribution in [-0.2, 0) is 6.42 Å². The van der Waals surface area contributed by atoms with Crippen LogP contribution in [0.5, 0.6) is 0 Å². The van der Waals surface area contributed by atoms with Gasteiger partial charge in [0.05, 0.1) is 5.69 Å². The Morgan fingerprint density at radius 2 is 1.94 bits per heavy atom. The second kappa shape index (κ2) is 5.12. The highest BCUT2D eigenvalue weighted by molar-refractivity contribution is 5.66. The maximum Gasteiger partial charge on any atom is 0.131 e. The van der Waals surface area contributed by atoms with E-state index in [4.69, 9.17) is 5.73 Å². The van der Waals surface area contributed by atoms with Crippen LogP contribution in [0.4, 0.5) is 5.82 Å². The molecule has 0 aromatic carbocycles. The first kappa shape index (κ1) is 12.5. The minimum Gasteiger partial charge on any atom is -0.383 e. The van der Waals surface area contributed by atoms with Gasteiger partial charge in [-0.2, -0.15) is 0 Å². The summed E-state index contributed by atoms with van der Waals surface area (Å²) in [4.78, 5) is 13.2. The third kappa shape index (κ3) is 2.47. The van der Waals surface area contributed by atoms with Crippen molar-refractivity contribution < 1.29 is 0 Å². The number of nitrogens with zero attached hydrogens (tertiary/aromatic N) is 3. The first-order valence-corrected chi connectivity index (χ1v) is 6.17. The van der Waals surface area contributed by atoms with Gasteiger partial charge < -0.3 is 5.73 Å². The van der Waals surface area contributed by atoms with E-state index in [0.717, 1.165) is 41.2 Å². The first-order chi connectivity index (χ1) is 8.61. The monoisotopic (exact) mass is 242 g/mol. The minimum atomic E-state index is 0.559. The zero-order valence-corrected chi connectivity index (χ0v) is 11.1. The number of nitrogens with two attached hydrogens (primary N) is 1. The summed E-state index contributed by atoms with van der Waals surface area (Å²) in [5, 5.41) is 0. The molecule has 0 saturated heterocycles. The maximum absolute atomic E-state index is 5.95. The lowest BCUT2D eigenvalue weighted by Gasteiger charge is -2.09. The fraction of sp³-hybridized carbons (Fsp3) is 0.357. The van der Waals surface area contributed by atoms with Gasteiger partial charge in [-0.3, -0.25) is 4.98 Å². The van der Waals surface area contributed by atoms with Gasteiger partial charge in [-0.15, -0.1) is 0 Å². The Labute approximate surface area is 107 Å². The third-order valence-corrected chi connectivity index (χ3v) is 2.89. The smallest absolute Gasteiger partial charge is 0.131 e. The van der Waals surface area contributed by atoms with Crippen LogP contribution >= 0.6 is 0 Å². The molecule has 2 rings (SSSR count). The van der Waals surface area contributed by atoms with Gasteiger partial charge in [-0.1, -0.05) is 6.92 Å². The second-order valence-corrected chi connectivity index (χ2v) is 4.44. The topological polar surface area (TPSA) is 64.7 Å². The molecule has 0 unspecified atom stereocenters. The summed E-state index contributed by atoms with van der Waals surface area (Å²) in [5.74, 6) is 1.36. The highest BCUT2D eigenvalue weighted by Gasteiger charge is 2.10. The fourth-order valence-electron chi connectivity index (χ4n) is 1.81. The van der Waals surface area contributed by atoms with E-state index >= 15 is 0 Å². The van der Waals surface area contributed by atoms with Gasteiger partial charge in [0.1, 0.15) is 11.6 Å². The standard InChI is InChI=1S/C14H18N4/c1-4-5-12-17-13(10(3)14(15)18-12)11-7-6-9(2)16-8-11/h6-8H,4-5H2,1-3H3,(H2,15,17,18). The largest absolute Gasteiger partial charge is 0.383 e. The van der Waals surface area contributed by atoms with E-state index in [0.29, 0.717) is 5.82 Å². The number of rotatable bonds is 3. The molecular formula is C14H18N4. The quantitative estimate of drug-likeness (QED) is 0.898. The zero-order chi connectivity index (χ0) is 13.1. The van der Waals surface area contributed by atoms with Crippen molar-refractivity contribution in [3.05, 3.63) is 35.4 Å². The van der Waals surface area contributed by atoms with Crippen molar-refractivity contribution in [1.29, 1.82) is 0 Å². The predicted molar refractivity (Wildman–Crippen MR) is 73.1 cm³/mol. The van der Waals surface area contributed by atoms with E-state index in [1.54, 1.807) is 0 Å². The van der Waals surface area contributed by atoms with Gasteiger partial charge in [-0.25, -0.2) is 9.97 Å². The normalized spacial score (nSPS) is 10.6. The highest BCUT2D eigenvalue weighted by Crippen LogP contribution is 2.24. The maximum atomic E-state index is 5.95. The average molecular weight is 242 g/mol. The molecule has 18 heavy (non-hydrogen) atoms. The summed E-state index contributed by atoms with van der Waals surface area (Å²) < 4.78 is 0. The Balaban J connectivity index is 2.51. The second-order valence-electron chi connectivity index (χ2n) is 4.44. The average Bonchev–Trinajstić information content (AvgIpc) is 2.35. The summed E-state index contributed by atoms with van der Waals surface area (Å²) in [6.07, 6.45) is 3.69. The number of pyridine rings is 1. The number of hydrogen-bond acceptors (Lipinski definition) is 4. The van der Waals surface area contributed by atoms with Crippen molar-refractivity contribution in [3.8, 4) is 11.3 Å². The summed E-state index contributed by atoms with van der Waals surface area (Å²) >= 11 is 0. The molecule has 2 N–H and O–H groups in total. The molecule has 0 spiro atoms. The molecule has 4 nitrogen and oxygen atoms in total. The predicted octanol–water partition coefficient (Wildman–Crippen LogP) is 2.69. The van der Waals surface area contributed by atoms with Crippen LogP contribution in [0.3, 0.4) is 0 Å². The Bertz CT molecular complexity index is 546. The molecule has 94 valence electrons. The summed E-state index contributed by atoms with van der Waals surface area (Å²) in [6.45, 7) is 6.01. The van der Waals surface area contributed by atoms with Crippen LogP contribution in [-0.4, -0.2) is 15.0 Å². The van der Waals surface area contributed by atoms with E-state index in [1.165, 1.54) is 0 Å². The number of aryl methyl sites for hydroxylation is 2. The Kier molecular flexibility index (Phi) is 3.55. The Morgan fingerprint density at radius 1 is 1.17 bits per heavy atom. The molecular weight excluding hydrogens is 224 g/mol. The van der Waals surface area contributed by atoms with Crippen molar-refractivity contribution in [3.63, 3.8) is 0 Å². The fourth-order valence-corrected chi connectivity index (χ4v) is 1.81. The van der Waals surface area contributed by atoms with Crippen LogP contribution in [0.15, 0.2) is 18.3 Å². The molecule has 0 saturated carbocycles. The minimum absolute atomic E-state index is 0.559. The molecule has 2 heterocycles. The Hall–Kier alpha value is -1.97. The molecule has 0 bridgehead atoms. The third-order valence-electron chi connectivity index (χ3n) is 2.89. The van der Waals surface area contributed by atoms with Crippen molar-refractivity contribution in [2.75, 3.05) is 5.73 Å². The van der Waals surface area contributed by atoms with Gasteiger partial charge in [0.25, 0.3) is 0 Å². The summed E-state index contributed by atoms with van der Waals surface area (Å²) in [5.41, 5.74) is 9.74. The van der Waals surface area contributed by atoms with Crippen molar-refractivity contribution in [2.24, 2.45) is 0 Å². The molecule has 0 aliphatic rings. The first-order valence-electron chi connectivity index (χ1n) is 6.17. The number of anilines is 1. The number of aromatic nitrogens is 3. The van der Waals surface area contributed by atoms with Crippen LogP contribution in [0.25, 0.3) is 11.3 Å². The van der Waals surface area contributed by atoms with Crippen molar-refractivity contribution in [2.45, 2.75) is 33.6 Å². The lowest BCUT2D eigenvalue weighted by atomic mass is 10.1. The van der Waals surface area contributed by atoms with Gasteiger partial charge >= 0.3 is 0 Å². The Morgan fingerprint density at radius 3 is 2.56 bits per heavy atom. The number of hydrogen-bond donors (Lipinski definition) is 1. The van der Waals surface area contributed by atoms with Gasteiger partial charge in [0.15, 0.2) is 0 Å². The molecule has 0 aliphatic carbocycles. The van der Waals surface area contributed by atoms with E-state index in [2.05, 4.69) is 21.9 Å². The molecule has 4 heteroatoms. The SMILES string of the molecule is CCCc1nc(N)c(C)c(-c2ccc(C)nc2)n1. The van der Waals surface area contributed by atoms with Crippen LogP contribution in [0.2, 0.25) is 0 Å². The van der Waals surface area contributed by atoms with E-state index in [1.807, 2.05) is 32.2 Å². The lowest BCUT2D eigenvalue weighted by molar-refractivity contribution is 0.836.